The summed E-state index contributed by atoms with van der Waals surface area (Å²) in [5.74, 6) is 2.24. The van der Waals surface area contributed by atoms with Crippen molar-refractivity contribution >= 4 is 0 Å². The quantitative estimate of drug-likeness (QED) is 0.762. The minimum absolute atomic E-state index is 0.351. The van der Waals surface area contributed by atoms with Crippen molar-refractivity contribution in [3.8, 4) is 0 Å². The van der Waals surface area contributed by atoms with Gasteiger partial charge in [0.15, 0.2) is 5.82 Å². The van der Waals surface area contributed by atoms with Gasteiger partial charge in [0.2, 0.25) is 0 Å². The van der Waals surface area contributed by atoms with Crippen LogP contribution in [0.3, 0.4) is 0 Å². The number of aryl methyl sites for hydroxylation is 1. The highest BCUT2D eigenvalue weighted by atomic mass is 16.3. The molecule has 74 valence electrons. The fraction of sp³-hybridized carbons (Fsp3) is 0.333. The Bertz CT molecular complexity index is 418. The van der Waals surface area contributed by atoms with Gasteiger partial charge in [-0.3, -0.25) is 0 Å². The van der Waals surface area contributed by atoms with Crippen LogP contribution >= 0.6 is 0 Å². The van der Waals surface area contributed by atoms with Crippen LogP contribution in [0.25, 0.3) is 0 Å². The molecule has 0 aliphatic carbocycles. The molecule has 0 amide bonds. The van der Waals surface area contributed by atoms with Gasteiger partial charge in [0.05, 0.1) is 6.26 Å². The predicted molar refractivity (Wildman–Crippen MR) is 50.5 cm³/mol. The summed E-state index contributed by atoms with van der Waals surface area (Å²) in [6.45, 7) is 1.88. The van der Waals surface area contributed by atoms with Gasteiger partial charge in [-0.2, -0.15) is 0 Å². The summed E-state index contributed by atoms with van der Waals surface area (Å²) in [5, 5.41) is 7.94. The zero-order chi connectivity index (χ0) is 10.1. The summed E-state index contributed by atoms with van der Waals surface area (Å²) >= 11 is 0. The molecule has 1 unspecified atom stereocenters. The Morgan fingerprint density at radius 1 is 1.50 bits per heavy atom. The third-order valence-electron chi connectivity index (χ3n) is 2.25. The molecule has 2 heterocycles. The molecule has 0 spiro atoms. The van der Waals surface area contributed by atoms with Gasteiger partial charge in [0.1, 0.15) is 17.6 Å². The highest BCUT2D eigenvalue weighted by molar-refractivity contribution is 5.14. The van der Waals surface area contributed by atoms with E-state index >= 15 is 0 Å². The minimum atomic E-state index is -0.351. The number of hydrogen-bond donors (Lipinski definition) is 1. The Kier molecular flexibility index (Phi) is 2.09. The van der Waals surface area contributed by atoms with Crippen LogP contribution in [-0.4, -0.2) is 14.8 Å². The molecule has 0 aliphatic heterocycles. The number of furan rings is 1. The van der Waals surface area contributed by atoms with Gasteiger partial charge in [0.25, 0.3) is 0 Å². The normalized spacial score (nSPS) is 13.1. The predicted octanol–water partition coefficient (Wildman–Crippen LogP) is 0.765. The average molecular weight is 192 g/mol. The second kappa shape index (κ2) is 3.26. The first-order valence-corrected chi connectivity index (χ1v) is 4.35. The highest BCUT2D eigenvalue weighted by Gasteiger charge is 2.17. The lowest BCUT2D eigenvalue weighted by Gasteiger charge is -2.07. The van der Waals surface area contributed by atoms with Gasteiger partial charge < -0.3 is 14.7 Å². The summed E-state index contributed by atoms with van der Waals surface area (Å²) in [5.41, 5.74) is 5.96. The van der Waals surface area contributed by atoms with Gasteiger partial charge in [-0.25, -0.2) is 0 Å². The maximum absolute atomic E-state index is 5.96. The molecule has 2 N–H and O–H groups in total. The van der Waals surface area contributed by atoms with Crippen molar-refractivity contribution in [2.45, 2.75) is 13.0 Å². The molecule has 1 atom stereocenters. The summed E-state index contributed by atoms with van der Waals surface area (Å²) in [7, 11) is 1.88. The number of nitrogens with two attached hydrogens (primary N) is 1. The van der Waals surface area contributed by atoms with Gasteiger partial charge in [-0.1, -0.05) is 0 Å². The van der Waals surface area contributed by atoms with Crippen LogP contribution in [-0.2, 0) is 7.05 Å². The van der Waals surface area contributed by atoms with E-state index in [0.29, 0.717) is 11.6 Å². The Hall–Kier alpha value is -1.62. The van der Waals surface area contributed by atoms with Crippen molar-refractivity contribution in [3.63, 3.8) is 0 Å². The first kappa shape index (κ1) is 8.96. The van der Waals surface area contributed by atoms with E-state index in [4.69, 9.17) is 10.2 Å². The van der Waals surface area contributed by atoms with Crippen LogP contribution < -0.4 is 5.73 Å². The average Bonchev–Trinajstić information content (AvgIpc) is 2.77. The van der Waals surface area contributed by atoms with Crippen LogP contribution in [0.15, 0.2) is 22.8 Å². The fourth-order valence-corrected chi connectivity index (χ4v) is 1.29. The summed E-state index contributed by atoms with van der Waals surface area (Å²) < 4.78 is 7.06. The molecule has 0 fully saturated rings. The molecule has 2 aromatic heterocycles. The number of nitrogens with zero attached hydrogens (tertiary/aromatic N) is 3. The van der Waals surface area contributed by atoms with E-state index in [9.17, 15) is 0 Å². The minimum Gasteiger partial charge on any atom is -0.467 e. The Morgan fingerprint density at radius 3 is 2.79 bits per heavy atom. The Balaban J connectivity index is 2.36. The third-order valence-corrected chi connectivity index (χ3v) is 2.25. The van der Waals surface area contributed by atoms with E-state index in [1.54, 1.807) is 12.3 Å². The molecule has 2 aromatic rings. The SMILES string of the molecule is Cc1nnc(C(N)c2ccco2)n1C. The molecule has 5 nitrogen and oxygen atoms in total. The van der Waals surface area contributed by atoms with E-state index in [1.807, 2.05) is 24.6 Å². The van der Waals surface area contributed by atoms with E-state index in [1.165, 1.54) is 0 Å². The van der Waals surface area contributed by atoms with Crippen molar-refractivity contribution in [1.29, 1.82) is 0 Å². The van der Waals surface area contributed by atoms with E-state index in [-0.39, 0.29) is 6.04 Å². The first-order chi connectivity index (χ1) is 6.70. The second-order valence-corrected chi connectivity index (χ2v) is 3.16. The topological polar surface area (TPSA) is 69.9 Å². The lowest BCUT2D eigenvalue weighted by atomic mass is 10.2. The molecule has 5 heteroatoms. The summed E-state index contributed by atoms with van der Waals surface area (Å²) in [4.78, 5) is 0. The molecule has 0 radical (unpaired) electrons. The van der Waals surface area contributed by atoms with Crippen molar-refractivity contribution in [3.05, 3.63) is 35.8 Å². The van der Waals surface area contributed by atoms with E-state index in [0.717, 1.165) is 5.82 Å². The van der Waals surface area contributed by atoms with E-state index < -0.39 is 0 Å². The third kappa shape index (κ3) is 1.31. The fourth-order valence-electron chi connectivity index (χ4n) is 1.29. The first-order valence-electron chi connectivity index (χ1n) is 4.35. The molecule has 0 aromatic carbocycles. The zero-order valence-corrected chi connectivity index (χ0v) is 8.14. The van der Waals surface area contributed by atoms with Crippen molar-refractivity contribution in [2.75, 3.05) is 0 Å². The maximum atomic E-state index is 5.96. The Labute approximate surface area is 81.5 Å². The van der Waals surface area contributed by atoms with Crippen LogP contribution in [0.4, 0.5) is 0 Å². The van der Waals surface area contributed by atoms with Crippen molar-refractivity contribution in [1.82, 2.24) is 14.8 Å². The van der Waals surface area contributed by atoms with Gasteiger partial charge in [-0.05, 0) is 19.1 Å². The van der Waals surface area contributed by atoms with Crippen LogP contribution in [0, 0.1) is 6.92 Å². The lowest BCUT2D eigenvalue weighted by molar-refractivity contribution is 0.477. The number of rotatable bonds is 2. The summed E-state index contributed by atoms with van der Waals surface area (Å²) in [6, 6.07) is 3.28. The summed E-state index contributed by atoms with van der Waals surface area (Å²) in [6.07, 6.45) is 1.60. The van der Waals surface area contributed by atoms with Crippen LogP contribution in [0.5, 0.6) is 0 Å². The van der Waals surface area contributed by atoms with E-state index in [2.05, 4.69) is 10.2 Å². The Morgan fingerprint density at radius 2 is 2.29 bits per heavy atom. The van der Waals surface area contributed by atoms with Crippen LogP contribution in [0.1, 0.15) is 23.5 Å². The molecule has 14 heavy (non-hydrogen) atoms. The molecular formula is C9H12N4O. The molecule has 0 saturated carbocycles. The van der Waals surface area contributed by atoms with Gasteiger partial charge >= 0.3 is 0 Å². The van der Waals surface area contributed by atoms with Crippen molar-refractivity contribution in [2.24, 2.45) is 12.8 Å². The smallest absolute Gasteiger partial charge is 0.157 e. The van der Waals surface area contributed by atoms with Gasteiger partial charge in [0, 0.05) is 7.05 Å². The zero-order valence-electron chi connectivity index (χ0n) is 8.14. The second-order valence-electron chi connectivity index (χ2n) is 3.16. The van der Waals surface area contributed by atoms with Gasteiger partial charge in [-0.15, -0.1) is 10.2 Å². The number of aromatic nitrogens is 3. The highest BCUT2D eigenvalue weighted by Crippen LogP contribution is 2.17. The standard InChI is InChI=1S/C9H12N4O/c1-6-11-12-9(13(6)2)8(10)7-4-3-5-14-7/h3-5,8H,10H2,1-2H3. The van der Waals surface area contributed by atoms with Crippen molar-refractivity contribution < 1.29 is 4.42 Å². The molecular weight excluding hydrogens is 180 g/mol. The molecule has 0 bridgehead atoms. The lowest BCUT2D eigenvalue weighted by Crippen LogP contribution is -2.16. The molecule has 0 saturated heterocycles. The monoisotopic (exact) mass is 192 g/mol. The molecule has 0 aliphatic rings. The maximum Gasteiger partial charge on any atom is 0.157 e. The van der Waals surface area contributed by atoms with Crippen LogP contribution in [0.2, 0.25) is 0 Å². The number of hydrogen-bond acceptors (Lipinski definition) is 4. The largest absolute Gasteiger partial charge is 0.467 e. The molecule has 2 rings (SSSR count).